The van der Waals surface area contributed by atoms with E-state index in [0.29, 0.717) is 24.3 Å². The van der Waals surface area contributed by atoms with Gasteiger partial charge < -0.3 is 9.64 Å². The number of nitrogens with zero attached hydrogens (tertiary/aromatic N) is 1. The molecule has 1 aromatic rings. The van der Waals surface area contributed by atoms with Gasteiger partial charge in [-0.2, -0.15) is 12.6 Å². The summed E-state index contributed by atoms with van der Waals surface area (Å²) in [4.78, 5) is 26.7. The highest BCUT2D eigenvalue weighted by Gasteiger charge is 2.34. The molecule has 1 atom stereocenters. The van der Waals surface area contributed by atoms with Crippen molar-refractivity contribution in [2.45, 2.75) is 20.3 Å². The number of esters is 1. The van der Waals surface area contributed by atoms with Gasteiger partial charge in [-0.3, -0.25) is 4.79 Å². The van der Waals surface area contributed by atoms with E-state index in [1.165, 1.54) is 18.4 Å². The number of thiophene rings is 1. The molecule has 0 aromatic carbocycles. The number of anilines is 1. The lowest BCUT2D eigenvalue weighted by atomic mass is 10.1. The molecule has 1 fully saturated rings. The van der Waals surface area contributed by atoms with Gasteiger partial charge in [-0.25, -0.2) is 4.79 Å². The lowest BCUT2D eigenvalue weighted by molar-refractivity contribution is -0.117. The molecule has 0 spiro atoms. The second-order valence-electron chi connectivity index (χ2n) is 4.71. The van der Waals surface area contributed by atoms with Gasteiger partial charge in [-0.05, 0) is 31.1 Å². The zero-order valence-corrected chi connectivity index (χ0v) is 12.9. The van der Waals surface area contributed by atoms with Crippen molar-refractivity contribution < 1.29 is 14.3 Å². The highest BCUT2D eigenvalue weighted by Crippen LogP contribution is 2.38. The summed E-state index contributed by atoms with van der Waals surface area (Å²) in [6.45, 7) is 4.47. The summed E-state index contributed by atoms with van der Waals surface area (Å²) >= 11 is 5.73. The number of carbonyl (C=O) groups excluding carboxylic acids is 2. The monoisotopic (exact) mass is 299 g/mol. The minimum Gasteiger partial charge on any atom is -0.465 e. The number of rotatable bonds is 3. The van der Waals surface area contributed by atoms with E-state index in [1.54, 1.807) is 4.90 Å². The van der Waals surface area contributed by atoms with Gasteiger partial charge >= 0.3 is 5.97 Å². The number of aryl methyl sites for hydroxylation is 1. The van der Waals surface area contributed by atoms with Crippen LogP contribution in [0.15, 0.2) is 0 Å². The van der Waals surface area contributed by atoms with Crippen LogP contribution in [0.4, 0.5) is 5.00 Å². The molecular weight excluding hydrogens is 282 g/mol. The topological polar surface area (TPSA) is 46.6 Å². The van der Waals surface area contributed by atoms with Crippen molar-refractivity contribution in [3.8, 4) is 0 Å². The SMILES string of the molecule is COC(=O)c1c(N2CC(CS)CC2=O)sc(C)c1C. The summed E-state index contributed by atoms with van der Waals surface area (Å²) < 4.78 is 4.83. The summed E-state index contributed by atoms with van der Waals surface area (Å²) in [7, 11) is 1.36. The van der Waals surface area contributed by atoms with Crippen molar-refractivity contribution in [2.75, 3.05) is 24.3 Å². The molecule has 1 unspecified atom stereocenters. The van der Waals surface area contributed by atoms with Gasteiger partial charge in [0.15, 0.2) is 0 Å². The largest absolute Gasteiger partial charge is 0.465 e. The molecule has 2 heterocycles. The van der Waals surface area contributed by atoms with E-state index in [0.717, 1.165) is 15.4 Å². The number of methoxy groups -OCH3 is 1. The number of thiol groups is 1. The maximum atomic E-state index is 12.1. The predicted octanol–water partition coefficient (Wildman–Crippen LogP) is 2.43. The summed E-state index contributed by atoms with van der Waals surface area (Å²) in [6, 6.07) is 0. The van der Waals surface area contributed by atoms with E-state index in [2.05, 4.69) is 12.6 Å². The van der Waals surface area contributed by atoms with E-state index in [-0.39, 0.29) is 17.8 Å². The highest BCUT2D eigenvalue weighted by molar-refractivity contribution is 7.80. The zero-order valence-electron chi connectivity index (χ0n) is 11.2. The lowest BCUT2D eigenvalue weighted by Gasteiger charge is -2.16. The Labute approximate surface area is 122 Å². The lowest BCUT2D eigenvalue weighted by Crippen LogP contribution is -2.25. The molecule has 0 radical (unpaired) electrons. The van der Waals surface area contributed by atoms with E-state index < -0.39 is 0 Å². The van der Waals surface area contributed by atoms with Gasteiger partial charge in [0, 0.05) is 17.8 Å². The number of hydrogen-bond donors (Lipinski definition) is 1. The van der Waals surface area contributed by atoms with E-state index in [9.17, 15) is 9.59 Å². The second kappa shape index (κ2) is 5.54. The molecule has 0 aliphatic carbocycles. The second-order valence-corrected chi connectivity index (χ2v) is 6.28. The van der Waals surface area contributed by atoms with Gasteiger partial charge in [0.05, 0.1) is 12.7 Å². The molecule has 0 saturated carbocycles. The van der Waals surface area contributed by atoms with Gasteiger partial charge in [-0.1, -0.05) is 0 Å². The summed E-state index contributed by atoms with van der Waals surface area (Å²) in [5.41, 5.74) is 1.42. The molecule has 1 saturated heterocycles. The summed E-state index contributed by atoms with van der Waals surface area (Å²) in [6.07, 6.45) is 0.500. The Bertz CT molecular complexity index is 524. The van der Waals surface area contributed by atoms with Crippen molar-refractivity contribution in [2.24, 2.45) is 5.92 Å². The normalized spacial score (nSPS) is 19.1. The third-order valence-corrected chi connectivity index (χ3v) is 5.21. The van der Waals surface area contributed by atoms with Gasteiger partial charge in [0.1, 0.15) is 5.00 Å². The van der Waals surface area contributed by atoms with Gasteiger partial charge in [-0.15, -0.1) is 11.3 Å². The fourth-order valence-electron chi connectivity index (χ4n) is 2.24. The Hall–Kier alpha value is -1.01. The summed E-state index contributed by atoms with van der Waals surface area (Å²) in [5, 5.41) is 0.719. The first-order valence-corrected chi connectivity index (χ1v) is 7.54. The molecule has 6 heteroatoms. The molecular formula is C13H17NO3S2. The first-order valence-electron chi connectivity index (χ1n) is 6.09. The van der Waals surface area contributed by atoms with E-state index in [4.69, 9.17) is 4.74 Å². The minimum atomic E-state index is -0.376. The van der Waals surface area contributed by atoms with Crippen LogP contribution in [0, 0.1) is 19.8 Å². The van der Waals surface area contributed by atoms with Crippen LogP contribution in [-0.4, -0.2) is 31.3 Å². The molecule has 1 aliphatic rings. The van der Waals surface area contributed by atoms with Crippen LogP contribution < -0.4 is 4.90 Å². The average Bonchev–Trinajstić information content (AvgIpc) is 2.90. The Kier molecular flexibility index (Phi) is 4.20. The minimum absolute atomic E-state index is 0.0606. The van der Waals surface area contributed by atoms with Crippen molar-refractivity contribution >= 4 is 40.8 Å². The fourth-order valence-corrected chi connectivity index (χ4v) is 3.66. The van der Waals surface area contributed by atoms with Crippen LogP contribution in [0.25, 0.3) is 0 Å². The standard InChI is InChI=1S/C13H17NO3S2/c1-7-8(2)19-12(11(7)13(16)17-3)14-5-9(6-18)4-10(14)15/h9,18H,4-6H2,1-3H3. The van der Waals surface area contributed by atoms with Crippen LogP contribution in [-0.2, 0) is 9.53 Å². The van der Waals surface area contributed by atoms with Crippen molar-refractivity contribution in [1.82, 2.24) is 0 Å². The first kappa shape index (κ1) is 14.4. The van der Waals surface area contributed by atoms with E-state index in [1.807, 2.05) is 13.8 Å². The molecule has 1 amide bonds. The van der Waals surface area contributed by atoms with Gasteiger partial charge in [0.2, 0.25) is 5.91 Å². The summed E-state index contributed by atoms with van der Waals surface area (Å²) in [5.74, 6) is 0.618. The first-order chi connectivity index (χ1) is 8.99. The highest BCUT2D eigenvalue weighted by atomic mass is 32.1. The maximum Gasteiger partial charge on any atom is 0.341 e. The number of hydrogen-bond acceptors (Lipinski definition) is 5. The Morgan fingerprint density at radius 1 is 1.53 bits per heavy atom. The predicted molar refractivity (Wildman–Crippen MR) is 79.4 cm³/mol. The van der Waals surface area contributed by atoms with Gasteiger partial charge in [0.25, 0.3) is 0 Å². The molecule has 1 aliphatic heterocycles. The van der Waals surface area contributed by atoms with Crippen molar-refractivity contribution in [3.63, 3.8) is 0 Å². The molecule has 0 N–H and O–H groups in total. The Balaban J connectivity index is 2.43. The Morgan fingerprint density at radius 2 is 2.21 bits per heavy atom. The quantitative estimate of drug-likeness (QED) is 0.689. The molecule has 0 bridgehead atoms. The maximum absolute atomic E-state index is 12.1. The smallest absolute Gasteiger partial charge is 0.341 e. The van der Waals surface area contributed by atoms with Crippen LogP contribution >= 0.6 is 24.0 Å². The average molecular weight is 299 g/mol. The molecule has 104 valence electrons. The van der Waals surface area contributed by atoms with Crippen LogP contribution in [0.2, 0.25) is 0 Å². The van der Waals surface area contributed by atoms with Crippen LogP contribution in [0.5, 0.6) is 0 Å². The third-order valence-electron chi connectivity index (χ3n) is 3.46. The van der Waals surface area contributed by atoms with Crippen LogP contribution in [0.1, 0.15) is 27.2 Å². The Morgan fingerprint density at radius 3 is 2.74 bits per heavy atom. The molecule has 1 aromatic heterocycles. The van der Waals surface area contributed by atoms with E-state index >= 15 is 0 Å². The molecule has 2 rings (SSSR count). The fraction of sp³-hybridized carbons (Fsp3) is 0.538. The number of amides is 1. The van der Waals surface area contributed by atoms with Crippen molar-refractivity contribution in [3.05, 3.63) is 16.0 Å². The number of ether oxygens (including phenoxy) is 1. The third kappa shape index (κ3) is 2.51. The number of carbonyl (C=O) groups is 2. The zero-order chi connectivity index (χ0) is 14.2. The van der Waals surface area contributed by atoms with Crippen LogP contribution in [0.3, 0.4) is 0 Å². The molecule has 19 heavy (non-hydrogen) atoms. The molecule has 4 nitrogen and oxygen atoms in total. The van der Waals surface area contributed by atoms with Crippen molar-refractivity contribution in [1.29, 1.82) is 0 Å².